The Morgan fingerprint density at radius 1 is 1.17 bits per heavy atom. The zero-order chi connectivity index (χ0) is 8.72. The predicted octanol–water partition coefficient (Wildman–Crippen LogP) is 0.834. The molecule has 3 aliphatic rings. The average Bonchev–Trinajstić information content (AvgIpc) is 2.05. The van der Waals surface area contributed by atoms with Gasteiger partial charge in [0.2, 0.25) is 0 Å². The normalized spacial score (nSPS) is 46.1. The van der Waals surface area contributed by atoms with Crippen molar-refractivity contribution < 1.29 is 9.90 Å². The first-order valence-corrected chi connectivity index (χ1v) is 4.68. The molecule has 0 aromatic carbocycles. The lowest BCUT2D eigenvalue weighted by Crippen LogP contribution is -2.52. The molecule has 3 saturated carbocycles. The molecule has 12 heavy (non-hydrogen) atoms. The smallest absolute Gasteiger partial charge is 0.308 e. The van der Waals surface area contributed by atoms with Crippen molar-refractivity contribution in [3.63, 3.8) is 0 Å². The van der Waals surface area contributed by atoms with Crippen LogP contribution in [0.15, 0.2) is 0 Å². The molecule has 0 aromatic rings. The van der Waals surface area contributed by atoms with Gasteiger partial charge in [-0.15, -0.1) is 0 Å². The van der Waals surface area contributed by atoms with Gasteiger partial charge < -0.3 is 10.8 Å². The van der Waals surface area contributed by atoms with Crippen molar-refractivity contribution in [2.75, 3.05) is 0 Å². The van der Waals surface area contributed by atoms with Crippen LogP contribution in [0.25, 0.3) is 0 Å². The molecule has 2 atom stereocenters. The summed E-state index contributed by atoms with van der Waals surface area (Å²) >= 11 is 0. The molecule has 0 aromatic heterocycles. The van der Waals surface area contributed by atoms with E-state index in [0.717, 1.165) is 25.7 Å². The molecule has 0 unspecified atom stereocenters. The maximum atomic E-state index is 10.9. The van der Waals surface area contributed by atoms with Gasteiger partial charge in [0, 0.05) is 6.04 Å². The Hall–Kier alpha value is -0.570. The summed E-state index contributed by atoms with van der Waals surface area (Å²) in [5.74, 6) is -0.0898. The van der Waals surface area contributed by atoms with Gasteiger partial charge in [0.05, 0.1) is 5.92 Å². The molecule has 3 nitrogen and oxygen atoms in total. The molecule has 0 saturated heterocycles. The fourth-order valence-corrected chi connectivity index (χ4v) is 2.86. The van der Waals surface area contributed by atoms with Crippen molar-refractivity contribution in [1.82, 2.24) is 0 Å². The van der Waals surface area contributed by atoms with Crippen LogP contribution < -0.4 is 5.73 Å². The zero-order valence-corrected chi connectivity index (χ0v) is 7.07. The van der Waals surface area contributed by atoms with Crippen molar-refractivity contribution in [3.05, 3.63) is 0 Å². The first-order chi connectivity index (χ1) is 5.70. The number of carboxylic acid groups (broad SMARTS) is 1. The molecular weight excluding hydrogens is 154 g/mol. The Labute approximate surface area is 71.9 Å². The van der Waals surface area contributed by atoms with Gasteiger partial charge in [-0.1, -0.05) is 0 Å². The molecule has 3 N–H and O–H groups in total. The fraction of sp³-hybridized carbons (Fsp3) is 0.889. The van der Waals surface area contributed by atoms with E-state index in [1.807, 2.05) is 0 Å². The Morgan fingerprint density at radius 3 is 2.00 bits per heavy atom. The lowest BCUT2D eigenvalue weighted by Gasteiger charge is -2.45. The second-order valence-electron chi connectivity index (χ2n) is 4.12. The van der Waals surface area contributed by atoms with E-state index in [-0.39, 0.29) is 12.0 Å². The number of aliphatic carboxylic acids is 1. The van der Waals surface area contributed by atoms with Crippen LogP contribution in [0.1, 0.15) is 25.7 Å². The lowest BCUT2D eigenvalue weighted by atomic mass is 9.62. The van der Waals surface area contributed by atoms with Crippen molar-refractivity contribution in [3.8, 4) is 0 Å². The molecule has 0 radical (unpaired) electrons. The second kappa shape index (κ2) is 2.73. The van der Waals surface area contributed by atoms with Gasteiger partial charge in [0.25, 0.3) is 0 Å². The number of nitrogens with two attached hydrogens (primary N) is 1. The Bertz CT molecular complexity index is 195. The Balaban J connectivity index is 2.18. The standard InChI is InChI=1S/C9H15NO2/c10-8-6-3-1-5(2-4-6)7(8)9(11)12/h5-8H,1-4,10H2,(H,11,12)/t5?,6?,7-,8+/m0/s1. The maximum Gasteiger partial charge on any atom is 0.308 e. The predicted molar refractivity (Wildman–Crippen MR) is 44.5 cm³/mol. The van der Waals surface area contributed by atoms with Crippen LogP contribution in [0.2, 0.25) is 0 Å². The third-order valence-electron chi connectivity index (χ3n) is 3.57. The molecule has 0 spiro atoms. The number of hydrogen-bond donors (Lipinski definition) is 2. The second-order valence-corrected chi connectivity index (χ2v) is 4.12. The van der Waals surface area contributed by atoms with Gasteiger partial charge in [0.1, 0.15) is 0 Å². The van der Waals surface area contributed by atoms with E-state index in [1.54, 1.807) is 0 Å². The van der Waals surface area contributed by atoms with E-state index in [1.165, 1.54) is 0 Å². The highest BCUT2D eigenvalue weighted by Gasteiger charge is 2.45. The molecule has 3 aliphatic carbocycles. The van der Waals surface area contributed by atoms with E-state index in [9.17, 15) is 4.79 Å². The van der Waals surface area contributed by atoms with Gasteiger partial charge in [-0.25, -0.2) is 0 Å². The van der Waals surface area contributed by atoms with Gasteiger partial charge in [-0.3, -0.25) is 4.79 Å². The summed E-state index contributed by atoms with van der Waals surface area (Å²) in [5.41, 5.74) is 5.88. The SMILES string of the molecule is N[C@@H]1C2CCC(CC2)[C@@H]1C(=O)O. The van der Waals surface area contributed by atoms with E-state index in [2.05, 4.69) is 0 Å². The summed E-state index contributed by atoms with van der Waals surface area (Å²) < 4.78 is 0. The van der Waals surface area contributed by atoms with Crippen LogP contribution in [0.4, 0.5) is 0 Å². The van der Waals surface area contributed by atoms with E-state index in [0.29, 0.717) is 11.8 Å². The van der Waals surface area contributed by atoms with Crippen LogP contribution in [-0.2, 0) is 4.79 Å². The molecule has 3 heteroatoms. The van der Waals surface area contributed by atoms with Gasteiger partial charge >= 0.3 is 5.97 Å². The number of hydrogen-bond acceptors (Lipinski definition) is 2. The van der Waals surface area contributed by atoms with Crippen LogP contribution in [-0.4, -0.2) is 17.1 Å². The average molecular weight is 169 g/mol. The zero-order valence-electron chi connectivity index (χ0n) is 7.07. The van der Waals surface area contributed by atoms with Crippen LogP contribution in [0.3, 0.4) is 0 Å². The molecule has 3 rings (SSSR count). The molecule has 68 valence electrons. The van der Waals surface area contributed by atoms with Crippen LogP contribution in [0, 0.1) is 17.8 Å². The van der Waals surface area contributed by atoms with E-state index < -0.39 is 5.97 Å². The Kier molecular flexibility index (Phi) is 1.83. The number of fused-ring (bicyclic) bond motifs is 3. The van der Waals surface area contributed by atoms with Gasteiger partial charge in [-0.2, -0.15) is 0 Å². The summed E-state index contributed by atoms with van der Waals surface area (Å²) in [6, 6.07) is -0.0741. The van der Waals surface area contributed by atoms with Gasteiger partial charge in [0.15, 0.2) is 0 Å². The third kappa shape index (κ3) is 1.04. The summed E-state index contributed by atoms with van der Waals surface area (Å²) in [4.78, 5) is 10.9. The molecule has 0 heterocycles. The highest BCUT2D eigenvalue weighted by molar-refractivity contribution is 5.71. The first kappa shape index (κ1) is 8.05. The Morgan fingerprint density at radius 2 is 1.67 bits per heavy atom. The summed E-state index contributed by atoms with van der Waals surface area (Å²) in [6.45, 7) is 0. The number of carboxylic acids is 1. The third-order valence-corrected chi connectivity index (χ3v) is 3.57. The number of carbonyl (C=O) groups is 1. The minimum absolute atomic E-state index is 0.0741. The topological polar surface area (TPSA) is 63.3 Å². The first-order valence-electron chi connectivity index (χ1n) is 4.68. The minimum atomic E-state index is -0.683. The van der Waals surface area contributed by atoms with Crippen LogP contribution in [0.5, 0.6) is 0 Å². The molecule has 3 fully saturated rings. The van der Waals surface area contributed by atoms with Crippen molar-refractivity contribution in [2.24, 2.45) is 23.5 Å². The lowest BCUT2D eigenvalue weighted by molar-refractivity contribution is -0.148. The summed E-state index contributed by atoms with van der Waals surface area (Å²) in [7, 11) is 0. The largest absolute Gasteiger partial charge is 0.481 e. The molecule has 0 amide bonds. The quantitative estimate of drug-likeness (QED) is 0.611. The van der Waals surface area contributed by atoms with E-state index >= 15 is 0 Å². The van der Waals surface area contributed by atoms with E-state index in [4.69, 9.17) is 10.8 Å². The highest BCUT2D eigenvalue weighted by Crippen LogP contribution is 2.44. The minimum Gasteiger partial charge on any atom is -0.481 e. The van der Waals surface area contributed by atoms with Crippen molar-refractivity contribution in [1.29, 1.82) is 0 Å². The van der Waals surface area contributed by atoms with Crippen LogP contribution >= 0.6 is 0 Å². The monoisotopic (exact) mass is 169 g/mol. The highest BCUT2D eigenvalue weighted by atomic mass is 16.4. The molecule has 0 aliphatic heterocycles. The molecule has 2 bridgehead atoms. The van der Waals surface area contributed by atoms with Crippen molar-refractivity contribution in [2.45, 2.75) is 31.7 Å². The maximum absolute atomic E-state index is 10.9. The van der Waals surface area contributed by atoms with Crippen molar-refractivity contribution >= 4 is 5.97 Å². The molecular formula is C9H15NO2. The summed E-state index contributed by atoms with van der Waals surface area (Å²) in [6.07, 6.45) is 4.45. The fourth-order valence-electron chi connectivity index (χ4n) is 2.86. The summed E-state index contributed by atoms with van der Waals surface area (Å²) in [5, 5.41) is 8.95. The number of rotatable bonds is 1. The van der Waals surface area contributed by atoms with Gasteiger partial charge in [-0.05, 0) is 37.5 Å².